The molecule has 0 bridgehead atoms. The molecule has 0 saturated carbocycles. The van der Waals surface area contributed by atoms with Crippen LogP contribution in [0.1, 0.15) is 26.7 Å². The number of para-hydroxylation sites is 2. The van der Waals surface area contributed by atoms with Crippen molar-refractivity contribution in [3.05, 3.63) is 24.3 Å². The highest BCUT2D eigenvalue weighted by atomic mass is 16.5. The fraction of sp³-hybridized carbons (Fsp3) is 0.533. The summed E-state index contributed by atoms with van der Waals surface area (Å²) < 4.78 is 16.0. The Balaban J connectivity index is 2.43. The number of esters is 1. The molecule has 0 fully saturated rings. The number of nitrogens with two attached hydrogens (primary N) is 1. The number of carbonyl (C=O) groups is 1. The van der Waals surface area contributed by atoms with Gasteiger partial charge in [0.15, 0.2) is 11.5 Å². The topological polar surface area (TPSA) is 70.8 Å². The molecule has 2 N–H and O–H groups in total. The Hall–Kier alpha value is -1.75. The quantitative estimate of drug-likeness (QED) is 0.702. The zero-order chi connectivity index (χ0) is 14.8. The summed E-state index contributed by atoms with van der Waals surface area (Å²) >= 11 is 0. The Morgan fingerprint density at radius 1 is 1.15 bits per heavy atom. The Kier molecular flexibility index (Phi) is 7.50. The summed E-state index contributed by atoms with van der Waals surface area (Å²) in [6.45, 7) is 5.11. The van der Waals surface area contributed by atoms with Crippen LogP contribution in [0.25, 0.3) is 0 Å². The lowest BCUT2D eigenvalue weighted by atomic mass is 10.2. The predicted molar refractivity (Wildman–Crippen MR) is 76.9 cm³/mol. The molecular formula is C15H23NO4. The normalized spacial score (nSPS) is 11.8. The second kappa shape index (κ2) is 9.20. The largest absolute Gasteiger partial charge is 0.490 e. The average Bonchev–Trinajstić information content (AvgIpc) is 2.46. The number of hydrogen-bond acceptors (Lipinski definition) is 5. The van der Waals surface area contributed by atoms with E-state index in [-0.39, 0.29) is 0 Å². The van der Waals surface area contributed by atoms with E-state index in [1.54, 1.807) is 6.92 Å². The van der Waals surface area contributed by atoms with Crippen LogP contribution in [0.3, 0.4) is 0 Å². The lowest BCUT2D eigenvalue weighted by Crippen LogP contribution is -2.33. The zero-order valence-corrected chi connectivity index (χ0v) is 12.1. The van der Waals surface area contributed by atoms with Crippen molar-refractivity contribution in [1.29, 1.82) is 0 Å². The molecule has 1 aromatic rings. The SMILES string of the molecule is CCCOc1ccccc1OCCC(N)C(=O)OCC. The van der Waals surface area contributed by atoms with Gasteiger partial charge in [0.25, 0.3) is 0 Å². The van der Waals surface area contributed by atoms with E-state index in [2.05, 4.69) is 0 Å². The van der Waals surface area contributed by atoms with Crippen molar-refractivity contribution < 1.29 is 19.0 Å². The molecule has 0 aliphatic rings. The van der Waals surface area contributed by atoms with Gasteiger partial charge in [0.1, 0.15) is 6.04 Å². The fourth-order valence-electron chi connectivity index (χ4n) is 1.56. The first kappa shape index (κ1) is 16.3. The summed E-state index contributed by atoms with van der Waals surface area (Å²) in [4.78, 5) is 11.4. The highest BCUT2D eigenvalue weighted by molar-refractivity contribution is 5.75. The minimum Gasteiger partial charge on any atom is -0.490 e. The maximum atomic E-state index is 11.4. The van der Waals surface area contributed by atoms with Crippen LogP contribution in [-0.2, 0) is 9.53 Å². The maximum absolute atomic E-state index is 11.4. The van der Waals surface area contributed by atoms with E-state index in [4.69, 9.17) is 19.9 Å². The van der Waals surface area contributed by atoms with Gasteiger partial charge in [-0.25, -0.2) is 0 Å². The molecule has 5 nitrogen and oxygen atoms in total. The van der Waals surface area contributed by atoms with Crippen LogP contribution in [0.15, 0.2) is 24.3 Å². The van der Waals surface area contributed by atoms with Crippen LogP contribution in [0.2, 0.25) is 0 Å². The Morgan fingerprint density at radius 3 is 2.30 bits per heavy atom. The average molecular weight is 281 g/mol. The van der Waals surface area contributed by atoms with Gasteiger partial charge in [0.05, 0.1) is 19.8 Å². The van der Waals surface area contributed by atoms with Gasteiger partial charge in [0.2, 0.25) is 0 Å². The van der Waals surface area contributed by atoms with Gasteiger partial charge in [-0.3, -0.25) is 4.79 Å². The van der Waals surface area contributed by atoms with Crippen LogP contribution >= 0.6 is 0 Å². The summed E-state index contributed by atoms with van der Waals surface area (Å²) in [6, 6.07) is 6.80. The van der Waals surface area contributed by atoms with Gasteiger partial charge >= 0.3 is 5.97 Å². The number of hydrogen-bond donors (Lipinski definition) is 1. The van der Waals surface area contributed by atoms with E-state index < -0.39 is 12.0 Å². The Morgan fingerprint density at radius 2 is 1.75 bits per heavy atom. The van der Waals surface area contributed by atoms with Gasteiger partial charge in [-0.1, -0.05) is 19.1 Å². The molecule has 0 aliphatic carbocycles. The molecule has 20 heavy (non-hydrogen) atoms. The number of rotatable bonds is 9. The van der Waals surface area contributed by atoms with Crippen LogP contribution in [0, 0.1) is 0 Å². The maximum Gasteiger partial charge on any atom is 0.323 e. The van der Waals surface area contributed by atoms with Gasteiger partial charge in [-0.05, 0) is 25.5 Å². The molecule has 0 amide bonds. The molecule has 0 heterocycles. The summed E-state index contributed by atoms with van der Waals surface area (Å²) in [5.74, 6) is 0.975. The highest BCUT2D eigenvalue weighted by Crippen LogP contribution is 2.26. The molecular weight excluding hydrogens is 258 g/mol. The van der Waals surface area contributed by atoms with Crippen molar-refractivity contribution in [2.45, 2.75) is 32.7 Å². The van der Waals surface area contributed by atoms with E-state index in [1.807, 2.05) is 31.2 Å². The molecule has 0 radical (unpaired) electrons. The highest BCUT2D eigenvalue weighted by Gasteiger charge is 2.14. The minimum absolute atomic E-state index is 0.334. The standard InChI is InChI=1S/C15H23NO4/c1-3-10-19-13-7-5-6-8-14(13)20-11-9-12(16)15(17)18-4-2/h5-8,12H,3-4,9-11,16H2,1-2H3. The summed E-state index contributed by atoms with van der Waals surface area (Å²) in [5.41, 5.74) is 5.70. The van der Waals surface area contributed by atoms with Crippen molar-refractivity contribution in [1.82, 2.24) is 0 Å². The second-order valence-electron chi connectivity index (χ2n) is 4.29. The third-order valence-electron chi connectivity index (χ3n) is 2.59. The van der Waals surface area contributed by atoms with E-state index in [0.29, 0.717) is 37.7 Å². The molecule has 0 saturated heterocycles. The monoisotopic (exact) mass is 281 g/mol. The van der Waals surface area contributed by atoms with Crippen molar-refractivity contribution in [2.75, 3.05) is 19.8 Å². The number of ether oxygens (including phenoxy) is 3. The van der Waals surface area contributed by atoms with Crippen molar-refractivity contribution in [3.8, 4) is 11.5 Å². The van der Waals surface area contributed by atoms with Crippen molar-refractivity contribution >= 4 is 5.97 Å². The fourth-order valence-corrected chi connectivity index (χ4v) is 1.56. The van der Waals surface area contributed by atoms with E-state index in [0.717, 1.165) is 6.42 Å². The van der Waals surface area contributed by atoms with Gasteiger partial charge in [-0.2, -0.15) is 0 Å². The van der Waals surface area contributed by atoms with E-state index in [9.17, 15) is 4.79 Å². The lowest BCUT2D eigenvalue weighted by molar-refractivity contribution is -0.145. The lowest BCUT2D eigenvalue weighted by Gasteiger charge is -2.14. The summed E-state index contributed by atoms with van der Waals surface area (Å²) in [7, 11) is 0. The predicted octanol–water partition coefficient (Wildman–Crippen LogP) is 2.13. The molecule has 1 rings (SSSR count). The first-order chi connectivity index (χ1) is 9.69. The molecule has 1 unspecified atom stereocenters. The minimum atomic E-state index is -0.654. The summed E-state index contributed by atoms with van der Waals surface area (Å²) in [6.07, 6.45) is 1.34. The third kappa shape index (κ3) is 5.48. The summed E-state index contributed by atoms with van der Waals surface area (Å²) in [5, 5.41) is 0. The Bertz CT molecular complexity index is 409. The first-order valence-electron chi connectivity index (χ1n) is 6.95. The molecule has 1 atom stereocenters. The molecule has 5 heteroatoms. The second-order valence-corrected chi connectivity index (χ2v) is 4.29. The van der Waals surface area contributed by atoms with Gasteiger partial charge in [-0.15, -0.1) is 0 Å². The zero-order valence-electron chi connectivity index (χ0n) is 12.1. The number of carbonyl (C=O) groups excluding carboxylic acids is 1. The van der Waals surface area contributed by atoms with Crippen LogP contribution in [-0.4, -0.2) is 31.8 Å². The Labute approximate surface area is 120 Å². The van der Waals surface area contributed by atoms with Gasteiger partial charge in [0, 0.05) is 6.42 Å². The molecule has 0 spiro atoms. The smallest absolute Gasteiger partial charge is 0.323 e. The first-order valence-corrected chi connectivity index (χ1v) is 6.95. The van der Waals surface area contributed by atoms with Crippen LogP contribution in [0.5, 0.6) is 11.5 Å². The van der Waals surface area contributed by atoms with Gasteiger partial charge < -0.3 is 19.9 Å². The van der Waals surface area contributed by atoms with E-state index >= 15 is 0 Å². The van der Waals surface area contributed by atoms with E-state index in [1.165, 1.54) is 0 Å². The van der Waals surface area contributed by atoms with Crippen LogP contribution in [0.4, 0.5) is 0 Å². The van der Waals surface area contributed by atoms with Crippen LogP contribution < -0.4 is 15.2 Å². The van der Waals surface area contributed by atoms with Crippen molar-refractivity contribution in [2.24, 2.45) is 5.73 Å². The third-order valence-corrected chi connectivity index (χ3v) is 2.59. The number of benzene rings is 1. The molecule has 0 aromatic heterocycles. The molecule has 112 valence electrons. The molecule has 1 aromatic carbocycles. The van der Waals surface area contributed by atoms with Crippen molar-refractivity contribution in [3.63, 3.8) is 0 Å². The molecule has 0 aliphatic heterocycles.